The molecule has 146 valence electrons. The zero-order valence-corrected chi connectivity index (χ0v) is 17.0. The molecule has 0 spiro atoms. The Labute approximate surface area is 172 Å². The van der Waals surface area contributed by atoms with Crippen molar-refractivity contribution >= 4 is 28.9 Å². The van der Waals surface area contributed by atoms with Gasteiger partial charge in [-0.25, -0.2) is 0 Å². The van der Waals surface area contributed by atoms with Crippen LogP contribution in [0.25, 0.3) is 11.3 Å². The second-order valence-electron chi connectivity index (χ2n) is 6.62. The number of aryl methyl sites for hydroxylation is 1. The van der Waals surface area contributed by atoms with E-state index in [0.717, 1.165) is 5.56 Å². The number of halogens is 2. The van der Waals surface area contributed by atoms with Crippen LogP contribution in [0.3, 0.4) is 0 Å². The van der Waals surface area contributed by atoms with Crippen molar-refractivity contribution < 1.29 is 14.2 Å². The van der Waals surface area contributed by atoms with E-state index in [2.05, 4.69) is 5.16 Å². The number of nitrogens with zero attached hydrogens (tertiary/aromatic N) is 2. The van der Waals surface area contributed by atoms with Crippen molar-refractivity contribution in [1.29, 1.82) is 0 Å². The van der Waals surface area contributed by atoms with E-state index in [0.29, 0.717) is 38.4 Å². The van der Waals surface area contributed by atoms with Crippen LogP contribution in [0.1, 0.15) is 36.7 Å². The first-order valence-corrected chi connectivity index (χ1v) is 9.35. The number of benzene rings is 2. The van der Waals surface area contributed by atoms with E-state index in [9.17, 15) is 10.1 Å². The van der Waals surface area contributed by atoms with E-state index >= 15 is 0 Å². The maximum Gasteiger partial charge on any atom is 0.272 e. The third-order valence-electron chi connectivity index (χ3n) is 4.29. The summed E-state index contributed by atoms with van der Waals surface area (Å²) in [7, 11) is 0. The van der Waals surface area contributed by atoms with Gasteiger partial charge in [0.25, 0.3) is 5.69 Å². The maximum absolute atomic E-state index is 11.0. The SMILES string of the molecule is Cc1cc(OCc2c(-c3c(Cl)cccc3Cl)noc2C(C)C)ccc1[N+](=O)[O-]. The molecule has 0 radical (unpaired) electrons. The van der Waals surface area contributed by atoms with Crippen LogP contribution in [0.5, 0.6) is 5.75 Å². The Kier molecular flexibility index (Phi) is 5.91. The summed E-state index contributed by atoms with van der Waals surface area (Å²) < 4.78 is 11.4. The zero-order chi connectivity index (χ0) is 20.4. The van der Waals surface area contributed by atoms with Gasteiger partial charge in [-0.05, 0) is 31.2 Å². The van der Waals surface area contributed by atoms with E-state index < -0.39 is 4.92 Å². The monoisotopic (exact) mass is 420 g/mol. The van der Waals surface area contributed by atoms with Crippen LogP contribution in [0, 0.1) is 17.0 Å². The molecule has 0 unspecified atom stereocenters. The summed E-state index contributed by atoms with van der Waals surface area (Å²) in [6.07, 6.45) is 0. The second-order valence-corrected chi connectivity index (χ2v) is 7.43. The number of rotatable bonds is 6. The fourth-order valence-corrected chi connectivity index (χ4v) is 3.49. The zero-order valence-electron chi connectivity index (χ0n) is 15.5. The van der Waals surface area contributed by atoms with Crippen LogP contribution in [-0.4, -0.2) is 10.1 Å². The molecule has 0 N–H and O–H groups in total. The van der Waals surface area contributed by atoms with Crippen molar-refractivity contribution in [2.45, 2.75) is 33.3 Å². The number of nitro groups is 1. The van der Waals surface area contributed by atoms with Gasteiger partial charge in [-0.1, -0.05) is 48.3 Å². The van der Waals surface area contributed by atoms with E-state index in [1.807, 2.05) is 13.8 Å². The Morgan fingerprint density at radius 2 is 1.89 bits per heavy atom. The summed E-state index contributed by atoms with van der Waals surface area (Å²) >= 11 is 12.7. The molecule has 0 saturated carbocycles. The number of aromatic nitrogens is 1. The van der Waals surface area contributed by atoms with Gasteiger partial charge < -0.3 is 9.26 Å². The third-order valence-corrected chi connectivity index (χ3v) is 4.92. The van der Waals surface area contributed by atoms with Crippen LogP contribution in [0.4, 0.5) is 5.69 Å². The highest BCUT2D eigenvalue weighted by Crippen LogP contribution is 2.38. The van der Waals surface area contributed by atoms with Crippen LogP contribution in [0.15, 0.2) is 40.9 Å². The molecule has 0 atom stereocenters. The summed E-state index contributed by atoms with van der Waals surface area (Å²) in [4.78, 5) is 10.6. The van der Waals surface area contributed by atoms with Crippen molar-refractivity contribution in [2.75, 3.05) is 0 Å². The summed E-state index contributed by atoms with van der Waals surface area (Å²) in [6, 6.07) is 9.84. The highest BCUT2D eigenvalue weighted by molar-refractivity contribution is 6.39. The summed E-state index contributed by atoms with van der Waals surface area (Å²) in [5.74, 6) is 1.25. The predicted molar refractivity (Wildman–Crippen MR) is 108 cm³/mol. The normalized spacial score (nSPS) is 11.1. The molecule has 28 heavy (non-hydrogen) atoms. The van der Waals surface area contributed by atoms with Crippen molar-refractivity contribution in [2.24, 2.45) is 0 Å². The molecule has 0 aliphatic heterocycles. The molecular formula is C20H18Cl2N2O4. The lowest BCUT2D eigenvalue weighted by Crippen LogP contribution is -2.02. The first-order chi connectivity index (χ1) is 13.3. The summed E-state index contributed by atoms with van der Waals surface area (Å²) in [5, 5.41) is 16.1. The average molecular weight is 421 g/mol. The van der Waals surface area contributed by atoms with Gasteiger partial charge in [-0.2, -0.15) is 0 Å². The van der Waals surface area contributed by atoms with Gasteiger partial charge in [0.15, 0.2) is 0 Å². The minimum absolute atomic E-state index is 0.0451. The molecule has 8 heteroatoms. The van der Waals surface area contributed by atoms with E-state index in [-0.39, 0.29) is 18.2 Å². The van der Waals surface area contributed by atoms with Gasteiger partial charge in [0, 0.05) is 23.1 Å². The van der Waals surface area contributed by atoms with Gasteiger partial charge in [0.1, 0.15) is 23.8 Å². The topological polar surface area (TPSA) is 78.4 Å². The van der Waals surface area contributed by atoms with Crippen LogP contribution in [-0.2, 0) is 6.61 Å². The van der Waals surface area contributed by atoms with Crippen molar-refractivity contribution in [3.63, 3.8) is 0 Å². The van der Waals surface area contributed by atoms with Crippen LogP contribution in [0.2, 0.25) is 10.0 Å². The molecule has 3 aromatic rings. The van der Waals surface area contributed by atoms with Crippen LogP contribution >= 0.6 is 23.2 Å². The fourth-order valence-electron chi connectivity index (χ4n) is 2.91. The number of ether oxygens (including phenoxy) is 1. The van der Waals surface area contributed by atoms with Gasteiger partial charge in [-0.3, -0.25) is 10.1 Å². The lowest BCUT2D eigenvalue weighted by molar-refractivity contribution is -0.385. The molecule has 1 heterocycles. The molecule has 0 aliphatic carbocycles. The molecule has 0 bridgehead atoms. The molecule has 3 rings (SSSR count). The predicted octanol–water partition coefficient (Wildman–Crippen LogP) is 6.57. The first-order valence-electron chi connectivity index (χ1n) is 8.60. The first kappa shape index (κ1) is 20.2. The summed E-state index contributed by atoms with van der Waals surface area (Å²) in [5.41, 5.74) is 2.41. The Morgan fingerprint density at radius 1 is 1.21 bits per heavy atom. The number of nitro benzene ring substituents is 1. The Balaban J connectivity index is 1.97. The minimum Gasteiger partial charge on any atom is -0.489 e. The van der Waals surface area contributed by atoms with Gasteiger partial charge >= 0.3 is 0 Å². The standard InChI is InChI=1S/C20H18Cl2N2O4/c1-11(2)20-14(10-27-13-7-8-17(24(25)26)12(3)9-13)19(23-28-20)18-15(21)5-4-6-16(18)22/h4-9,11H,10H2,1-3H3. The molecular weight excluding hydrogens is 403 g/mol. The Hall–Kier alpha value is -2.57. The Morgan fingerprint density at radius 3 is 2.46 bits per heavy atom. The average Bonchev–Trinajstić information content (AvgIpc) is 3.03. The second kappa shape index (κ2) is 8.20. The molecule has 0 fully saturated rings. The maximum atomic E-state index is 11.0. The largest absolute Gasteiger partial charge is 0.489 e. The third kappa shape index (κ3) is 3.98. The molecule has 0 aliphatic rings. The quantitative estimate of drug-likeness (QED) is 0.332. The molecule has 0 saturated heterocycles. The smallest absolute Gasteiger partial charge is 0.272 e. The lowest BCUT2D eigenvalue weighted by atomic mass is 10.0. The molecule has 6 nitrogen and oxygen atoms in total. The fraction of sp³-hybridized carbons (Fsp3) is 0.250. The number of hydrogen-bond acceptors (Lipinski definition) is 5. The van der Waals surface area contributed by atoms with Crippen molar-refractivity contribution in [3.8, 4) is 17.0 Å². The van der Waals surface area contributed by atoms with Gasteiger partial charge in [0.2, 0.25) is 0 Å². The van der Waals surface area contributed by atoms with Gasteiger partial charge in [-0.15, -0.1) is 0 Å². The highest BCUT2D eigenvalue weighted by Gasteiger charge is 2.24. The van der Waals surface area contributed by atoms with Crippen LogP contribution < -0.4 is 4.74 Å². The molecule has 1 aromatic heterocycles. The highest BCUT2D eigenvalue weighted by atomic mass is 35.5. The number of hydrogen-bond donors (Lipinski definition) is 0. The lowest BCUT2D eigenvalue weighted by Gasteiger charge is -2.11. The van der Waals surface area contributed by atoms with E-state index in [1.165, 1.54) is 6.07 Å². The van der Waals surface area contributed by atoms with E-state index in [4.69, 9.17) is 32.5 Å². The Bertz CT molecular complexity index is 1010. The van der Waals surface area contributed by atoms with Crippen molar-refractivity contribution in [3.05, 3.63) is 73.4 Å². The molecule has 0 amide bonds. The summed E-state index contributed by atoms with van der Waals surface area (Å²) in [6.45, 7) is 5.79. The minimum atomic E-state index is -0.423. The van der Waals surface area contributed by atoms with E-state index in [1.54, 1.807) is 37.3 Å². The van der Waals surface area contributed by atoms with Crippen molar-refractivity contribution in [1.82, 2.24) is 5.16 Å². The van der Waals surface area contributed by atoms with Gasteiger partial charge in [0.05, 0.1) is 20.5 Å². The molecule has 2 aromatic carbocycles.